The summed E-state index contributed by atoms with van der Waals surface area (Å²) in [6, 6.07) is 3.20. The van der Waals surface area contributed by atoms with E-state index in [4.69, 9.17) is 5.73 Å². The Morgan fingerprint density at radius 1 is 1.30 bits per heavy atom. The lowest BCUT2D eigenvalue weighted by molar-refractivity contribution is 0.229. The van der Waals surface area contributed by atoms with Crippen molar-refractivity contribution in [1.82, 2.24) is 9.47 Å². The predicted molar refractivity (Wildman–Crippen MR) is 83.8 cm³/mol. The molecule has 1 fully saturated rings. The first-order chi connectivity index (χ1) is 9.65. The van der Waals surface area contributed by atoms with Crippen molar-refractivity contribution >= 4 is 5.69 Å². The summed E-state index contributed by atoms with van der Waals surface area (Å²) in [5.74, 6) is 0.879. The van der Waals surface area contributed by atoms with E-state index in [2.05, 4.69) is 11.9 Å². The Morgan fingerprint density at radius 3 is 2.80 bits per heavy atom. The average Bonchev–Trinajstić information content (AvgIpc) is 2.44. The summed E-state index contributed by atoms with van der Waals surface area (Å²) < 4.78 is 1.71. The normalized spacial score (nSPS) is 16.7. The molecule has 1 aliphatic rings. The number of hydrogen-bond donors (Lipinski definition) is 1. The maximum absolute atomic E-state index is 11.7. The zero-order valence-corrected chi connectivity index (χ0v) is 12.6. The second kappa shape index (κ2) is 7.48. The van der Waals surface area contributed by atoms with Gasteiger partial charge in [-0.2, -0.15) is 0 Å². The van der Waals surface area contributed by atoms with Crippen LogP contribution in [0.2, 0.25) is 0 Å². The number of aryl methyl sites for hydroxylation is 1. The third-order valence-corrected chi connectivity index (χ3v) is 4.24. The van der Waals surface area contributed by atoms with Gasteiger partial charge in [-0.05, 0) is 44.8 Å². The number of nitrogen functional groups attached to an aromatic ring is 1. The number of aromatic nitrogens is 1. The molecule has 1 heterocycles. The Labute approximate surface area is 121 Å². The molecule has 0 unspecified atom stereocenters. The van der Waals surface area contributed by atoms with E-state index in [0.29, 0.717) is 5.69 Å². The van der Waals surface area contributed by atoms with Crippen molar-refractivity contribution in [3.05, 3.63) is 28.7 Å². The minimum absolute atomic E-state index is 0.0362. The molecular formula is C16H27N3O. The van der Waals surface area contributed by atoms with Crippen molar-refractivity contribution in [2.45, 2.75) is 45.1 Å². The Morgan fingerprint density at radius 2 is 2.05 bits per heavy atom. The van der Waals surface area contributed by atoms with E-state index in [1.165, 1.54) is 38.6 Å². The lowest BCUT2D eigenvalue weighted by atomic mass is 9.89. The fourth-order valence-corrected chi connectivity index (χ4v) is 3.14. The topological polar surface area (TPSA) is 51.3 Å². The second-order valence-corrected chi connectivity index (χ2v) is 6.11. The van der Waals surface area contributed by atoms with Crippen LogP contribution >= 0.6 is 0 Å². The van der Waals surface area contributed by atoms with E-state index in [1.807, 2.05) is 0 Å². The molecule has 2 rings (SSSR count). The minimum Gasteiger partial charge on any atom is -0.398 e. The van der Waals surface area contributed by atoms with Gasteiger partial charge in [0.2, 0.25) is 0 Å². The lowest BCUT2D eigenvalue weighted by Gasteiger charge is -2.27. The summed E-state index contributed by atoms with van der Waals surface area (Å²) in [4.78, 5) is 14.1. The van der Waals surface area contributed by atoms with E-state index < -0.39 is 0 Å². The number of nitrogens with two attached hydrogens (primary N) is 1. The van der Waals surface area contributed by atoms with Crippen LogP contribution in [0.25, 0.3) is 0 Å². The van der Waals surface area contributed by atoms with Crippen molar-refractivity contribution in [3.63, 3.8) is 0 Å². The molecule has 1 aromatic rings. The van der Waals surface area contributed by atoms with Crippen molar-refractivity contribution in [1.29, 1.82) is 0 Å². The highest BCUT2D eigenvalue weighted by atomic mass is 16.1. The molecule has 4 heteroatoms. The monoisotopic (exact) mass is 277 g/mol. The summed E-state index contributed by atoms with van der Waals surface area (Å²) >= 11 is 0. The molecule has 1 aliphatic carbocycles. The first-order valence-electron chi connectivity index (χ1n) is 7.79. The van der Waals surface area contributed by atoms with Crippen LogP contribution in [0.1, 0.15) is 38.5 Å². The van der Waals surface area contributed by atoms with Crippen molar-refractivity contribution in [2.75, 3.05) is 25.9 Å². The zero-order valence-electron chi connectivity index (χ0n) is 12.6. The van der Waals surface area contributed by atoms with Gasteiger partial charge in [-0.25, -0.2) is 0 Å². The fourth-order valence-electron chi connectivity index (χ4n) is 3.14. The zero-order chi connectivity index (χ0) is 14.4. The highest BCUT2D eigenvalue weighted by Gasteiger charge is 2.14. The van der Waals surface area contributed by atoms with Gasteiger partial charge in [-0.15, -0.1) is 0 Å². The highest BCUT2D eigenvalue weighted by molar-refractivity contribution is 5.33. The van der Waals surface area contributed by atoms with Crippen LogP contribution in [-0.2, 0) is 6.54 Å². The number of pyridine rings is 1. The van der Waals surface area contributed by atoms with Gasteiger partial charge in [0.25, 0.3) is 5.56 Å². The molecule has 0 aliphatic heterocycles. The van der Waals surface area contributed by atoms with Crippen molar-refractivity contribution in [2.24, 2.45) is 5.92 Å². The maximum Gasteiger partial charge on any atom is 0.250 e. The van der Waals surface area contributed by atoms with Crippen LogP contribution in [0.3, 0.4) is 0 Å². The van der Waals surface area contributed by atoms with Gasteiger partial charge < -0.3 is 15.2 Å². The van der Waals surface area contributed by atoms with Crippen LogP contribution in [0.15, 0.2) is 23.1 Å². The molecule has 0 saturated heterocycles. The highest BCUT2D eigenvalue weighted by Crippen LogP contribution is 2.24. The van der Waals surface area contributed by atoms with Gasteiger partial charge >= 0.3 is 0 Å². The third kappa shape index (κ3) is 4.67. The smallest absolute Gasteiger partial charge is 0.250 e. The van der Waals surface area contributed by atoms with Gasteiger partial charge in [0.15, 0.2) is 0 Å². The quantitative estimate of drug-likeness (QED) is 0.868. The Balaban J connectivity index is 1.72. The molecule has 2 N–H and O–H groups in total. The van der Waals surface area contributed by atoms with E-state index in [9.17, 15) is 4.79 Å². The van der Waals surface area contributed by atoms with E-state index >= 15 is 0 Å². The molecular weight excluding hydrogens is 250 g/mol. The Bertz CT molecular complexity index is 463. The molecule has 20 heavy (non-hydrogen) atoms. The summed E-state index contributed by atoms with van der Waals surface area (Å²) in [5.41, 5.74) is 6.40. The minimum atomic E-state index is 0.0362. The first kappa shape index (κ1) is 15.1. The van der Waals surface area contributed by atoms with Gasteiger partial charge in [0.05, 0.1) is 0 Å². The SMILES string of the molecule is CN(CCCn1cc(N)ccc1=O)CC1CCCCC1. The summed E-state index contributed by atoms with van der Waals surface area (Å²) in [6.07, 6.45) is 9.72. The average molecular weight is 277 g/mol. The molecule has 0 spiro atoms. The van der Waals surface area contributed by atoms with Crippen LogP contribution in [0.4, 0.5) is 5.69 Å². The molecule has 1 saturated carbocycles. The predicted octanol–water partition coefficient (Wildman–Crippen LogP) is 2.33. The number of anilines is 1. The van der Waals surface area contributed by atoms with Crippen LogP contribution in [0, 0.1) is 5.92 Å². The van der Waals surface area contributed by atoms with Gasteiger partial charge in [-0.3, -0.25) is 4.79 Å². The standard InChI is InChI=1S/C16H27N3O/c1-18(12-14-6-3-2-4-7-14)10-5-11-19-13-15(17)8-9-16(19)20/h8-9,13-14H,2-7,10-12,17H2,1H3. The van der Waals surface area contributed by atoms with E-state index in [1.54, 1.807) is 22.9 Å². The maximum atomic E-state index is 11.7. The molecule has 0 aromatic carbocycles. The van der Waals surface area contributed by atoms with Gasteiger partial charge in [-0.1, -0.05) is 19.3 Å². The van der Waals surface area contributed by atoms with Crippen molar-refractivity contribution in [3.8, 4) is 0 Å². The van der Waals surface area contributed by atoms with Crippen LogP contribution in [0.5, 0.6) is 0 Å². The number of rotatable bonds is 6. The molecule has 0 amide bonds. The molecule has 0 atom stereocenters. The van der Waals surface area contributed by atoms with Gasteiger partial charge in [0.1, 0.15) is 0 Å². The van der Waals surface area contributed by atoms with E-state index in [0.717, 1.165) is 25.4 Å². The largest absolute Gasteiger partial charge is 0.398 e. The van der Waals surface area contributed by atoms with Crippen LogP contribution < -0.4 is 11.3 Å². The van der Waals surface area contributed by atoms with E-state index in [-0.39, 0.29) is 5.56 Å². The summed E-state index contributed by atoms with van der Waals surface area (Å²) in [6.45, 7) is 2.99. The lowest BCUT2D eigenvalue weighted by Crippen LogP contribution is -2.29. The molecule has 0 radical (unpaired) electrons. The summed E-state index contributed by atoms with van der Waals surface area (Å²) in [7, 11) is 2.19. The Hall–Kier alpha value is -1.29. The van der Waals surface area contributed by atoms with Crippen LogP contribution in [-0.4, -0.2) is 29.6 Å². The molecule has 0 bridgehead atoms. The summed E-state index contributed by atoms with van der Waals surface area (Å²) in [5, 5.41) is 0. The molecule has 112 valence electrons. The molecule has 1 aromatic heterocycles. The first-order valence-corrected chi connectivity index (χ1v) is 7.79. The molecule has 4 nitrogen and oxygen atoms in total. The third-order valence-electron chi connectivity index (χ3n) is 4.24. The number of nitrogens with zero attached hydrogens (tertiary/aromatic N) is 2. The second-order valence-electron chi connectivity index (χ2n) is 6.11. The van der Waals surface area contributed by atoms with Crippen molar-refractivity contribution < 1.29 is 0 Å². The fraction of sp³-hybridized carbons (Fsp3) is 0.688. The number of hydrogen-bond acceptors (Lipinski definition) is 3. The Kier molecular flexibility index (Phi) is 5.65. The van der Waals surface area contributed by atoms with Gasteiger partial charge in [0, 0.05) is 31.0 Å².